The number of carbonyl (C=O) groups excluding carboxylic acids is 2. The van der Waals surface area contributed by atoms with E-state index < -0.39 is 0 Å². The SMILES string of the molecule is CC[C@H]1CCC[C@H](C[C@H]2CC[C@H](N(C)C)C(C)O2)[C@@H](C)C(=O)C2=C[C@@H]3[C@@H](C[C@@H](Nc4cc(Cl)cc(Cl)c4)C4CCC[C@H]43)[C@@H]2CC(=O)O1. The minimum atomic E-state index is -0.148. The number of benzene rings is 1. The molecule has 1 N–H and O–H groups in total. The van der Waals surface area contributed by atoms with Crippen LogP contribution < -0.4 is 5.32 Å². The van der Waals surface area contributed by atoms with Gasteiger partial charge in [-0.1, -0.05) is 49.5 Å². The molecule has 2 aliphatic heterocycles. The Labute approximate surface area is 292 Å². The van der Waals surface area contributed by atoms with E-state index in [-0.39, 0.29) is 66.2 Å². The summed E-state index contributed by atoms with van der Waals surface area (Å²) in [5, 5.41) is 5.05. The summed E-state index contributed by atoms with van der Waals surface area (Å²) in [6, 6.07) is 6.33. The molecule has 47 heavy (non-hydrogen) atoms. The standard InChI is InChI=1S/C39H56Cl2N2O4/c1-6-28-10-7-9-24(15-29-13-14-37(43(4)5)23(3)46-29)22(2)39(45)35-19-32-30-11-8-12-31(30)36(20-33(32)34(35)21-38(44)47-28)42-27-17-25(40)16-26(41)18-27/h16-19,22-24,28-34,36-37,42H,6-15,20-21H2,1-5H3/t22-,23?,24-,28+,29-,30-,31?,32+,33-,34+,36-,37+/m1/s1. The van der Waals surface area contributed by atoms with Crippen molar-refractivity contribution in [3.8, 4) is 0 Å². The van der Waals surface area contributed by atoms with Gasteiger partial charge < -0.3 is 19.7 Å². The van der Waals surface area contributed by atoms with Crippen molar-refractivity contribution in [2.24, 2.45) is 41.4 Å². The monoisotopic (exact) mass is 686 g/mol. The second-order valence-corrected chi connectivity index (χ2v) is 16.6. The molecule has 0 aromatic heterocycles. The molecule has 5 aliphatic rings. The maximum absolute atomic E-state index is 14.7. The maximum Gasteiger partial charge on any atom is 0.306 e. The minimum absolute atomic E-state index is 0.0717. The number of rotatable bonds is 6. The number of ketones is 1. The van der Waals surface area contributed by atoms with Gasteiger partial charge in [-0.2, -0.15) is 0 Å². The first kappa shape index (κ1) is 35.2. The predicted octanol–water partition coefficient (Wildman–Crippen LogP) is 8.99. The molecule has 6 rings (SSSR count). The number of carbonyl (C=O) groups is 2. The van der Waals surface area contributed by atoms with Crippen molar-refractivity contribution < 1.29 is 19.1 Å². The van der Waals surface area contributed by atoms with Crippen LogP contribution in [-0.4, -0.2) is 61.1 Å². The van der Waals surface area contributed by atoms with E-state index in [9.17, 15) is 9.59 Å². The van der Waals surface area contributed by atoms with Crippen LogP contribution in [-0.2, 0) is 19.1 Å². The van der Waals surface area contributed by atoms with Gasteiger partial charge in [-0.15, -0.1) is 0 Å². The van der Waals surface area contributed by atoms with E-state index in [0.717, 1.165) is 69.0 Å². The molecule has 12 atom stereocenters. The number of ether oxygens (including phenoxy) is 2. The smallest absolute Gasteiger partial charge is 0.306 e. The van der Waals surface area contributed by atoms with E-state index in [2.05, 4.69) is 51.2 Å². The van der Waals surface area contributed by atoms with E-state index in [1.54, 1.807) is 6.07 Å². The maximum atomic E-state index is 14.7. The van der Waals surface area contributed by atoms with Crippen LogP contribution in [0.1, 0.15) is 97.8 Å². The number of likely N-dealkylation sites (N-methyl/N-ethyl adjacent to an activating group) is 1. The lowest BCUT2D eigenvalue weighted by molar-refractivity contribution is -0.151. The number of nitrogens with zero attached hydrogens (tertiary/aromatic N) is 1. The van der Waals surface area contributed by atoms with Crippen molar-refractivity contribution in [1.82, 2.24) is 4.90 Å². The summed E-state index contributed by atoms with van der Waals surface area (Å²) in [7, 11) is 4.27. The van der Waals surface area contributed by atoms with E-state index in [1.807, 2.05) is 12.1 Å². The molecule has 1 aromatic rings. The highest BCUT2D eigenvalue weighted by Gasteiger charge is 2.53. The number of Topliss-reactive ketones (excluding diaryl/α,β-unsaturated/α-hetero) is 1. The van der Waals surface area contributed by atoms with Gasteiger partial charge in [0.25, 0.3) is 0 Å². The fourth-order valence-corrected chi connectivity index (χ4v) is 10.9. The van der Waals surface area contributed by atoms with Gasteiger partial charge in [0, 0.05) is 39.7 Å². The fraction of sp³-hybridized carbons (Fsp3) is 0.744. The van der Waals surface area contributed by atoms with E-state index >= 15 is 0 Å². The zero-order valence-electron chi connectivity index (χ0n) is 29.1. The second kappa shape index (κ2) is 15.1. The van der Waals surface area contributed by atoms with Crippen LogP contribution in [0.5, 0.6) is 0 Å². The normalized spacial score (nSPS) is 39.6. The first-order valence-corrected chi connectivity index (χ1v) is 19.3. The number of anilines is 1. The molecule has 2 saturated heterocycles. The van der Waals surface area contributed by atoms with E-state index in [1.165, 1.54) is 12.8 Å². The summed E-state index contributed by atoms with van der Waals surface area (Å²) in [5.74, 6) is 1.70. The van der Waals surface area contributed by atoms with Crippen LogP contribution in [0.2, 0.25) is 10.0 Å². The number of esters is 1. The van der Waals surface area contributed by atoms with E-state index in [0.29, 0.717) is 33.8 Å². The molecule has 0 radical (unpaired) electrons. The highest BCUT2D eigenvalue weighted by Crippen LogP contribution is 2.57. The highest BCUT2D eigenvalue weighted by atomic mass is 35.5. The Morgan fingerprint density at radius 1 is 0.894 bits per heavy atom. The summed E-state index contributed by atoms with van der Waals surface area (Å²) in [5.41, 5.74) is 1.85. The second-order valence-electron chi connectivity index (χ2n) is 15.7. The molecule has 6 nitrogen and oxygen atoms in total. The Balaban J connectivity index is 1.26. The van der Waals surface area contributed by atoms with Crippen molar-refractivity contribution in [3.05, 3.63) is 39.9 Å². The number of halogens is 2. The van der Waals surface area contributed by atoms with E-state index in [4.69, 9.17) is 32.7 Å². The number of fused-ring (bicyclic) bond motifs is 5. The molecular weight excluding hydrogens is 631 g/mol. The Kier molecular flexibility index (Phi) is 11.3. The van der Waals surface area contributed by atoms with Crippen molar-refractivity contribution in [1.29, 1.82) is 0 Å². The zero-order valence-corrected chi connectivity index (χ0v) is 30.6. The van der Waals surface area contributed by atoms with Gasteiger partial charge in [-0.25, -0.2) is 0 Å². The predicted molar refractivity (Wildman–Crippen MR) is 190 cm³/mol. The lowest BCUT2D eigenvalue weighted by Crippen LogP contribution is -2.46. The molecule has 260 valence electrons. The average molecular weight is 688 g/mol. The van der Waals surface area contributed by atoms with Crippen LogP contribution in [0.25, 0.3) is 0 Å². The van der Waals surface area contributed by atoms with Crippen LogP contribution in [0, 0.1) is 41.4 Å². The Morgan fingerprint density at radius 3 is 2.32 bits per heavy atom. The van der Waals surface area contributed by atoms with Crippen LogP contribution in [0.4, 0.5) is 5.69 Å². The average Bonchev–Trinajstić information content (AvgIpc) is 3.64. The summed E-state index contributed by atoms with van der Waals surface area (Å²) in [4.78, 5) is 30.5. The van der Waals surface area contributed by atoms with Crippen molar-refractivity contribution in [2.45, 2.75) is 128 Å². The Morgan fingerprint density at radius 2 is 1.62 bits per heavy atom. The molecule has 2 saturated carbocycles. The van der Waals surface area contributed by atoms with Gasteiger partial charge in [0.05, 0.1) is 18.6 Å². The molecule has 4 fully saturated rings. The number of nitrogens with one attached hydrogen (secondary N) is 1. The topological polar surface area (TPSA) is 67.9 Å². The van der Waals surface area contributed by atoms with Gasteiger partial charge in [0.2, 0.25) is 0 Å². The third-order valence-electron chi connectivity index (χ3n) is 12.8. The summed E-state index contributed by atoms with van der Waals surface area (Å²) in [6.45, 7) is 6.47. The highest BCUT2D eigenvalue weighted by molar-refractivity contribution is 6.35. The molecule has 8 heteroatoms. The zero-order chi connectivity index (χ0) is 33.4. The largest absolute Gasteiger partial charge is 0.462 e. The fourth-order valence-electron chi connectivity index (χ4n) is 10.4. The lowest BCUT2D eigenvalue weighted by Gasteiger charge is -2.44. The summed E-state index contributed by atoms with van der Waals surface area (Å²) < 4.78 is 12.7. The number of cyclic esters (lactones) is 1. The van der Waals surface area contributed by atoms with Crippen molar-refractivity contribution in [3.63, 3.8) is 0 Å². The van der Waals surface area contributed by atoms with Gasteiger partial charge in [-0.3, -0.25) is 9.59 Å². The third-order valence-corrected chi connectivity index (χ3v) is 13.2. The lowest BCUT2D eigenvalue weighted by atomic mass is 9.64. The number of allylic oxidation sites excluding steroid dienone is 2. The molecule has 0 amide bonds. The molecule has 0 spiro atoms. The van der Waals surface area contributed by atoms with Gasteiger partial charge in [0.1, 0.15) is 6.10 Å². The molecule has 0 bridgehead atoms. The quantitative estimate of drug-likeness (QED) is 0.301. The third kappa shape index (κ3) is 7.76. The van der Waals surface area contributed by atoms with Gasteiger partial charge in [-0.05, 0) is 139 Å². The first-order valence-electron chi connectivity index (χ1n) is 18.5. The molecule has 1 aromatic carbocycles. The van der Waals surface area contributed by atoms with Crippen molar-refractivity contribution >= 4 is 40.6 Å². The summed E-state index contributed by atoms with van der Waals surface area (Å²) >= 11 is 12.8. The minimum Gasteiger partial charge on any atom is -0.462 e. The van der Waals surface area contributed by atoms with Crippen LogP contribution in [0.15, 0.2) is 29.8 Å². The Hall–Kier alpha value is -1.60. The summed E-state index contributed by atoms with van der Waals surface area (Å²) in [6.07, 6.45) is 14.0. The first-order chi connectivity index (χ1) is 22.5. The molecule has 2 unspecified atom stereocenters. The van der Waals surface area contributed by atoms with Gasteiger partial charge >= 0.3 is 5.97 Å². The Bertz CT molecular complexity index is 1300. The molecule has 3 aliphatic carbocycles. The number of hydrogen-bond acceptors (Lipinski definition) is 6. The van der Waals surface area contributed by atoms with Crippen LogP contribution in [0.3, 0.4) is 0 Å². The van der Waals surface area contributed by atoms with Gasteiger partial charge in [0.15, 0.2) is 5.78 Å². The number of hydrogen-bond donors (Lipinski definition) is 1. The molecular formula is C39H56Cl2N2O4. The van der Waals surface area contributed by atoms with Crippen molar-refractivity contribution in [2.75, 3.05) is 19.4 Å². The van der Waals surface area contributed by atoms with Crippen LogP contribution >= 0.6 is 23.2 Å². The molecule has 2 heterocycles.